The van der Waals surface area contributed by atoms with E-state index in [0.29, 0.717) is 17.2 Å². The second kappa shape index (κ2) is 6.00. The highest BCUT2D eigenvalue weighted by atomic mass is 16.3. The second-order valence-electron chi connectivity index (χ2n) is 5.90. The van der Waals surface area contributed by atoms with Crippen molar-refractivity contribution in [3.05, 3.63) is 64.8 Å². The molecule has 0 saturated heterocycles. The summed E-state index contributed by atoms with van der Waals surface area (Å²) < 4.78 is 5.67. The maximum Gasteiger partial charge on any atom is 0.294 e. The number of aliphatic hydroxyl groups excluding tert-OH is 1. The van der Waals surface area contributed by atoms with Gasteiger partial charge in [0.2, 0.25) is 0 Å². The highest BCUT2D eigenvalue weighted by molar-refractivity contribution is 6.16. The molecule has 0 bridgehead atoms. The van der Waals surface area contributed by atoms with E-state index in [1.54, 1.807) is 38.1 Å². The molecule has 1 amide bonds. The lowest BCUT2D eigenvalue weighted by atomic mass is 9.99. The third-order valence-corrected chi connectivity index (χ3v) is 4.17. The lowest BCUT2D eigenvalue weighted by Gasteiger charge is -2.25. The smallest absolute Gasteiger partial charge is 0.294 e. The van der Waals surface area contributed by atoms with E-state index in [4.69, 9.17) is 4.42 Å². The Bertz CT molecular complexity index is 829. The van der Waals surface area contributed by atoms with Crippen molar-refractivity contribution in [2.45, 2.75) is 33.2 Å². The van der Waals surface area contributed by atoms with E-state index in [0.717, 1.165) is 5.56 Å². The Hall–Kier alpha value is -2.82. The van der Waals surface area contributed by atoms with E-state index in [2.05, 4.69) is 0 Å². The second-order valence-corrected chi connectivity index (χ2v) is 5.90. The molecule has 0 aliphatic carbocycles. The number of aliphatic hydroxyl groups is 1. The van der Waals surface area contributed by atoms with E-state index < -0.39 is 17.7 Å². The van der Waals surface area contributed by atoms with Crippen LogP contribution >= 0.6 is 0 Å². The average Bonchev–Trinajstić information content (AvgIpc) is 3.10. The zero-order chi connectivity index (χ0) is 17.4. The van der Waals surface area contributed by atoms with Crippen molar-refractivity contribution in [1.29, 1.82) is 0 Å². The van der Waals surface area contributed by atoms with Crippen LogP contribution < -0.4 is 4.90 Å². The molecule has 0 fully saturated rings. The Kier molecular flexibility index (Phi) is 4.01. The maximum atomic E-state index is 12.6. The molecule has 0 spiro atoms. The van der Waals surface area contributed by atoms with Crippen LogP contribution in [0.1, 0.15) is 36.5 Å². The highest BCUT2D eigenvalue weighted by Crippen LogP contribution is 2.41. The molecule has 5 nitrogen and oxygen atoms in total. The quantitative estimate of drug-likeness (QED) is 0.929. The van der Waals surface area contributed by atoms with Gasteiger partial charge in [0, 0.05) is 12.1 Å². The SMILES string of the molecule is CCC(=O)C1=C(O)C(=O)N(c2ccc(C)cc2)C1c1ccc(C)o1. The fourth-order valence-electron chi connectivity index (χ4n) is 2.92. The number of furan rings is 1. The molecule has 1 aliphatic rings. The van der Waals surface area contributed by atoms with Crippen molar-refractivity contribution < 1.29 is 19.1 Å². The third kappa shape index (κ3) is 2.52. The van der Waals surface area contributed by atoms with Gasteiger partial charge in [0.15, 0.2) is 11.5 Å². The number of aryl methyl sites for hydroxylation is 2. The molecule has 2 heterocycles. The first-order valence-corrected chi connectivity index (χ1v) is 7.87. The first-order valence-electron chi connectivity index (χ1n) is 7.87. The molecule has 1 aliphatic heterocycles. The molecular formula is C19H19NO4. The summed E-state index contributed by atoms with van der Waals surface area (Å²) in [6.07, 6.45) is 0.199. The van der Waals surface area contributed by atoms with Gasteiger partial charge in [-0.3, -0.25) is 14.5 Å². The van der Waals surface area contributed by atoms with Crippen molar-refractivity contribution in [1.82, 2.24) is 0 Å². The number of nitrogens with zero attached hydrogens (tertiary/aromatic N) is 1. The van der Waals surface area contributed by atoms with Gasteiger partial charge < -0.3 is 9.52 Å². The molecule has 3 rings (SSSR count). The van der Waals surface area contributed by atoms with Crippen LogP contribution in [0.15, 0.2) is 52.1 Å². The Morgan fingerprint density at radius 3 is 2.38 bits per heavy atom. The summed E-state index contributed by atoms with van der Waals surface area (Å²) >= 11 is 0. The summed E-state index contributed by atoms with van der Waals surface area (Å²) in [6, 6.07) is 10.1. The van der Waals surface area contributed by atoms with Gasteiger partial charge in [-0.15, -0.1) is 0 Å². The van der Waals surface area contributed by atoms with E-state index in [-0.39, 0.29) is 17.8 Å². The minimum absolute atomic E-state index is 0.0948. The number of Topliss-reactive ketones (excluding diaryl/α,β-unsaturated/α-hetero) is 1. The van der Waals surface area contributed by atoms with Gasteiger partial charge in [0.1, 0.15) is 17.6 Å². The Morgan fingerprint density at radius 1 is 1.17 bits per heavy atom. The zero-order valence-electron chi connectivity index (χ0n) is 13.9. The molecule has 24 heavy (non-hydrogen) atoms. The monoisotopic (exact) mass is 325 g/mol. The van der Waals surface area contributed by atoms with Crippen molar-refractivity contribution in [3.63, 3.8) is 0 Å². The third-order valence-electron chi connectivity index (χ3n) is 4.17. The summed E-state index contributed by atoms with van der Waals surface area (Å²) in [5, 5.41) is 10.3. The summed E-state index contributed by atoms with van der Waals surface area (Å²) in [4.78, 5) is 26.4. The number of ketones is 1. The Morgan fingerprint density at radius 2 is 1.83 bits per heavy atom. The number of anilines is 1. The highest BCUT2D eigenvalue weighted by Gasteiger charge is 2.45. The summed E-state index contributed by atoms with van der Waals surface area (Å²) in [7, 11) is 0. The van der Waals surface area contributed by atoms with Crippen LogP contribution in [0.5, 0.6) is 0 Å². The topological polar surface area (TPSA) is 70.8 Å². The van der Waals surface area contributed by atoms with Gasteiger partial charge in [0.25, 0.3) is 5.91 Å². The molecule has 5 heteroatoms. The van der Waals surface area contributed by atoms with E-state index in [1.165, 1.54) is 4.90 Å². The number of amides is 1. The van der Waals surface area contributed by atoms with Crippen molar-refractivity contribution in [3.8, 4) is 0 Å². The van der Waals surface area contributed by atoms with Gasteiger partial charge in [-0.2, -0.15) is 0 Å². The predicted octanol–water partition coefficient (Wildman–Crippen LogP) is 3.78. The lowest BCUT2D eigenvalue weighted by Crippen LogP contribution is -2.30. The summed E-state index contributed by atoms with van der Waals surface area (Å²) in [5.41, 5.74) is 1.75. The number of benzene rings is 1. The van der Waals surface area contributed by atoms with E-state index >= 15 is 0 Å². The van der Waals surface area contributed by atoms with Gasteiger partial charge >= 0.3 is 0 Å². The van der Waals surface area contributed by atoms with Gasteiger partial charge in [-0.1, -0.05) is 24.6 Å². The molecule has 1 atom stereocenters. The van der Waals surface area contributed by atoms with Crippen LogP contribution in [-0.4, -0.2) is 16.8 Å². The Labute approximate surface area is 140 Å². The summed E-state index contributed by atoms with van der Waals surface area (Å²) in [5.74, 6) is -0.219. The molecule has 2 aromatic rings. The molecule has 1 aromatic carbocycles. The van der Waals surface area contributed by atoms with Crippen LogP contribution in [0.25, 0.3) is 0 Å². The van der Waals surface area contributed by atoms with Gasteiger partial charge in [-0.05, 0) is 38.1 Å². The van der Waals surface area contributed by atoms with E-state index in [9.17, 15) is 14.7 Å². The van der Waals surface area contributed by atoms with Crippen LogP contribution in [0.4, 0.5) is 5.69 Å². The molecule has 1 aromatic heterocycles. The maximum absolute atomic E-state index is 12.6. The minimum Gasteiger partial charge on any atom is -0.503 e. The normalized spacial score (nSPS) is 17.7. The average molecular weight is 325 g/mol. The Balaban J connectivity index is 2.15. The molecular weight excluding hydrogens is 306 g/mol. The molecule has 0 radical (unpaired) electrons. The standard InChI is InChI=1S/C19H19NO4/c1-4-14(21)16-17(15-10-7-12(3)24-15)20(19(23)18(16)22)13-8-5-11(2)6-9-13/h5-10,17,22H,4H2,1-3H3. The zero-order valence-corrected chi connectivity index (χ0v) is 13.9. The fraction of sp³-hybridized carbons (Fsp3) is 0.263. The lowest BCUT2D eigenvalue weighted by molar-refractivity contribution is -0.118. The van der Waals surface area contributed by atoms with Crippen molar-refractivity contribution in [2.75, 3.05) is 4.90 Å². The molecule has 1 N–H and O–H groups in total. The molecule has 0 saturated carbocycles. The number of rotatable bonds is 4. The number of carbonyl (C=O) groups excluding carboxylic acids is 2. The first-order chi connectivity index (χ1) is 11.4. The fourth-order valence-corrected chi connectivity index (χ4v) is 2.92. The first kappa shape index (κ1) is 16.1. The number of hydrogen-bond acceptors (Lipinski definition) is 4. The van der Waals surface area contributed by atoms with Crippen LogP contribution in [0.2, 0.25) is 0 Å². The molecule has 124 valence electrons. The largest absolute Gasteiger partial charge is 0.503 e. The molecule has 1 unspecified atom stereocenters. The number of carbonyl (C=O) groups is 2. The van der Waals surface area contributed by atoms with Crippen LogP contribution in [0, 0.1) is 13.8 Å². The van der Waals surface area contributed by atoms with Crippen molar-refractivity contribution in [2.24, 2.45) is 0 Å². The van der Waals surface area contributed by atoms with E-state index in [1.807, 2.05) is 19.1 Å². The number of hydrogen-bond donors (Lipinski definition) is 1. The van der Waals surface area contributed by atoms with Gasteiger partial charge in [-0.25, -0.2) is 0 Å². The van der Waals surface area contributed by atoms with Crippen molar-refractivity contribution >= 4 is 17.4 Å². The van der Waals surface area contributed by atoms with Crippen LogP contribution in [0.3, 0.4) is 0 Å². The predicted molar refractivity (Wildman–Crippen MR) is 89.8 cm³/mol. The minimum atomic E-state index is -0.749. The van der Waals surface area contributed by atoms with Gasteiger partial charge in [0.05, 0.1) is 5.57 Å². The van der Waals surface area contributed by atoms with Crippen LogP contribution in [-0.2, 0) is 9.59 Å². The summed E-state index contributed by atoms with van der Waals surface area (Å²) in [6.45, 7) is 5.44.